The summed E-state index contributed by atoms with van der Waals surface area (Å²) in [6.45, 7) is 13.0. The van der Waals surface area contributed by atoms with Gasteiger partial charge in [0.25, 0.3) is 0 Å². The van der Waals surface area contributed by atoms with Crippen molar-refractivity contribution in [3.63, 3.8) is 0 Å². The van der Waals surface area contributed by atoms with E-state index in [1.807, 2.05) is 38.7 Å². The third kappa shape index (κ3) is 5.21. The van der Waals surface area contributed by atoms with Gasteiger partial charge in [-0.25, -0.2) is 4.79 Å². The minimum Gasteiger partial charge on any atom is -0.444 e. The molecule has 0 unspecified atom stereocenters. The molecule has 0 bridgehead atoms. The second-order valence-corrected chi connectivity index (χ2v) is 11.0. The lowest BCUT2D eigenvalue weighted by molar-refractivity contribution is -0.121. The van der Waals surface area contributed by atoms with E-state index in [4.69, 9.17) is 4.74 Å². The number of aromatic nitrogens is 1. The Labute approximate surface area is 192 Å². The zero-order chi connectivity index (χ0) is 23.1. The third-order valence-corrected chi connectivity index (χ3v) is 6.19. The van der Waals surface area contributed by atoms with Crippen LogP contribution in [0.3, 0.4) is 0 Å². The summed E-state index contributed by atoms with van der Waals surface area (Å²) in [5.41, 5.74) is 0.915. The quantitative estimate of drug-likeness (QED) is 0.692. The van der Waals surface area contributed by atoms with E-state index in [0.717, 1.165) is 15.9 Å². The number of hydrogen-bond acceptors (Lipinski definition) is 6. The molecule has 2 amide bonds. The molecule has 0 saturated carbocycles. The van der Waals surface area contributed by atoms with Gasteiger partial charge in [0, 0.05) is 41.8 Å². The number of halogens is 1. The van der Waals surface area contributed by atoms with Gasteiger partial charge >= 0.3 is 6.09 Å². The molecule has 0 radical (unpaired) electrons. The number of hydrogen-bond donors (Lipinski definition) is 1. The highest BCUT2D eigenvalue weighted by Gasteiger charge is 2.42. The van der Waals surface area contributed by atoms with E-state index in [2.05, 4.69) is 34.8 Å². The second kappa shape index (κ2) is 8.67. The number of carbonyl (C=O) groups excluding carboxylic acids is 2. The molecule has 1 fully saturated rings. The second-order valence-electron chi connectivity index (χ2n) is 10.1. The van der Waals surface area contributed by atoms with Gasteiger partial charge in [-0.1, -0.05) is 13.8 Å². The Morgan fingerprint density at radius 2 is 2.00 bits per heavy atom. The van der Waals surface area contributed by atoms with Gasteiger partial charge in [-0.15, -0.1) is 0 Å². The van der Waals surface area contributed by atoms with Crippen LogP contribution in [0.5, 0.6) is 0 Å². The smallest absolute Gasteiger partial charge is 0.410 e. The maximum Gasteiger partial charge on any atom is 0.410 e. The van der Waals surface area contributed by atoms with Crippen LogP contribution in [-0.2, 0) is 14.9 Å². The molecule has 1 aromatic heterocycles. The first-order valence-electron chi connectivity index (χ1n) is 10.6. The van der Waals surface area contributed by atoms with Crippen molar-refractivity contribution in [1.82, 2.24) is 14.8 Å². The number of amides is 2. The van der Waals surface area contributed by atoms with Crippen LogP contribution in [-0.4, -0.2) is 82.4 Å². The third-order valence-electron chi connectivity index (χ3n) is 5.75. The maximum atomic E-state index is 13.3. The molecular weight excluding hydrogens is 464 g/mol. The highest BCUT2D eigenvalue weighted by atomic mass is 79.9. The number of aliphatic hydroxyl groups excluding tert-OH is 1. The summed E-state index contributed by atoms with van der Waals surface area (Å²) in [5.74, 6) is -0.0388. The van der Waals surface area contributed by atoms with E-state index in [1.54, 1.807) is 16.0 Å². The fraction of sp³-hybridized carbons (Fsp3) is 0.682. The van der Waals surface area contributed by atoms with Gasteiger partial charge in [0.2, 0.25) is 5.91 Å². The van der Waals surface area contributed by atoms with E-state index < -0.39 is 11.7 Å². The molecule has 3 heterocycles. The number of rotatable bonds is 3. The Morgan fingerprint density at radius 3 is 2.61 bits per heavy atom. The lowest BCUT2D eigenvalue weighted by Gasteiger charge is -2.44. The Kier molecular flexibility index (Phi) is 6.70. The zero-order valence-electron chi connectivity index (χ0n) is 19.2. The molecule has 0 spiro atoms. The zero-order valence-corrected chi connectivity index (χ0v) is 20.8. The molecule has 9 heteroatoms. The standard InChI is InChI=1S/C22H33BrN4O4/c1-14-9-25(16(12-28)10-26(14)20(30)31-21(2,3)4)11-18(29)27-13-22(5,6)19-17(27)7-15(23)8-24-19/h7-8,14,16,28H,9-13H2,1-6H3/t14-,16-/m1/s1. The highest BCUT2D eigenvalue weighted by molar-refractivity contribution is 9.10. The van der Waals surface area contributed by atoms with Crippen molar-refractivity contribution < 1.29 is 19.4 Å². The van der Waals surface area contributed by atoms with E-state index in [-0.39, 0.29) is 36.6 Å². The highest BCUT2D eigenvalue weighted by Crippen LogP contribution is 2.40. The van der Waals surface area contributed by atoms with Gasteiger partial charge in [0.05, 0.1) is 30.6 Å². The van der Waals surface area contributed by atoms with Crippen molar-refractivity contribution in [3.05, 3.63) is 22.4 Å². The van der Waals surface area contributed by atoms with Crippen LogP contribution in [0.2, 0.25) is 0 Å². The number of carbonyl (C=O) groups is 2. The summed E-state index contributed by atoms with van der Waals surface area (Å²) in [7, 11) is 0. The van der Waals surface area contributed by atoms with Crippen LogP contribution in [0, 0.1) is 0 Å². The number of anilines is 1. The first-order valence-corrected chi connectivity index (χ1v) is 11.4. The molecule has 0 aromatic carbocycles. The van der Waals surface area contributed by atoms with Crippen LogP contribution in [0.4, 0.5) is 10.5 Å². The van der Waals surface area contributed by atoms with Gasteiger partial charge < -0.3 is 19.6 Å². The topological polar surface area (TPSA) is 86.2 Å². The van der Waals surface area contributed by atoms with E-state index in [9.17, 15) is 14.7 Å². The van der Waals surface area contributed by atoms with Gasteiger partial charge in [-0.2, -0.15) is 0 Å². The van der Waals surface area contributed by atoms with Gasteiger partial charge in [0.1, 0.15) is 5.60 Å². The Morgan fingerprint density at radius 1 is 1.32 bits per heavy atom. The van der Waals surface area contributed by atoms with Crippen LogP contribution in [0.15, 0.2) is 16.7 Å². The first-order chi connectivity index (χ1) is 14.3. The summed E-state index contributed by atoms with van der Waals surface area (Å²) in [4.78, 5) is 35.8. The number of piperazine rings is 1. The molecule has 2 atom stereocenters. The van der Waals surface area contributed by atoms with Crippen LogP contribution < -0.4 is 4.90 Å². The predicted octanol–water partition coefficient (Wildman–Crippen LogP) is 2.77. The van der Waals surface area contributed by atoms with Crippen molar-refractivity contribution >= 4 is 33.6 Å². The summed E-state index contributed by atoms with van der Waals surface area (Å²) in [6.07, 6.45) is 1.36. The summed E-state index contributed by atoms with van der Waals surface area (Å²) in [6, 6.07) is 1.47. The van der Waals surface area contributed by atoms with Crippen molar-refractivity contribution in [2.24, 2.45) is 0 Å². The van der Waals surface area contributed by atoms with Crippen LogP contribution >= 0.6 is 15.9 Å². The SMILES string of the molecule is C[C@@H]1CN(CC(=O)N2CC(C)(C)c3ncc(Br)cc32)[C@@H](CO)CN1C(=O)OC(C)(C)C. The number of fused-ring (bicyclic) bond motifs is 1. The monoisotopic (exact) mass is 496 g/mol. The molecule has 0 aliphatic carbocycles. The number of aliphatic hydroxyl groups is 1. The Bertz CT molecular complexity index is 854. The fourth-order valence-electron chi connectivity index (χ4n) is 4.24. The minimum atomic E-state index is -0.586. The lowest BCUT2D eigenvalue weighted by Crippen LogP contribution is -2.62. The van der Waals surface area contributed by atoms with E-state index in [0.29, 0.717) is 19.6 Å². The van der Waals surface area contributed by atoms with E-state index >= 15 is 0 Å². The average molecular weight is 497 g/mol. The van der Waals surface area contributed by atoms with Crippen molar-refractivity contribution in [3.8, 4) is 0 Å². The Balaban J connectivity index is 1.73. The first kappa shape index (κ1) is 23.9. The Hall–Kier alpha value is -1.71. The summed E-state index contributed by atoms with van der Waals surface area (Å²) >= 11 is 3.45. The molecule has 1 aromatic rings. The van der Waals surface area contributed by atoms with Crippen LogP contribution in [0.1, 0.15) is 47.2 Å². The molecule has 3 rings (SSSR count). The van der Waals surface area contributed by atoms with Crippen LogP contribution in [0.25, 0.3) is 0 Å². The minimum absolute atomic E-state index is 0.0388. The normalized spacial score (nSPS) is 23.6. The molecular formula is C22H33BrN4O4. The summed E-state index contributed by atoms with van der Waals surface area (Å²) < 4.78 is 6.34. The fourth-order valence-corrected chi connectivity index (χ4v) is 4.56. The average Bonchev–Trinajstić information content (AvgIpc) is 2.90. The predicted molar refractivity (Wildman–Crippen MR) is 122 cm³/mol. The number of pyridine rings is 1. The van der Waals surface area contributed by atoms with Gasteiger partial charge in [-0.05, 0) is 49.7 Å². The van der Waals surface area contributed by atoms with Gasteiger partial charge in [0.15, 0.2) is 0 Å². The van der Waals surface area contributed by atoms with Gasteiger partial charge in [-0.3, -0.25) is 14.7 Å². The number of nitrogens with zero attached hydrogens (tertiary/aromatic N) is 4. The molecule has 2 aliphatic heterocycles. The largest absolute Gasteiger partial charge is 0.444 e. The van der Waals surface area contributed by atoms with Crippen molar-refractivity contribution in [2.45, 2.75) is 64.6 Å². The molecule has 31 heavy (non-hydrogen) atoms. The van der Waals surface area contributed by atoms with Crippen molar-refractivity contribution in [2.75, 3.05) is 37.7 Å². The molecule has 172 valence electrons. The molecule has 8 nitrogen and oxygen atoms in total. The molecule has 1 N–H and O–H groups in total. The maximum absolute atomic E-state index is 13.3. The number of ether oxygens (including phenoxy) is 1. The van der Waals surface area contributed by atoms with E-state index in [1.165, 1.54) is 0 Å². The van der Waals surface area contributed by atoms with Crippen molar-refractivity contribution in [1.29, 1.82) is 0 Å². The molecule has 2 aliphatic rings. The summed E-state index contributed by atoms with van der Waals surface area (Å²) in [5, 5.41) is 9.97. The molecule has 1 saturated heterocycles. The lowest BCUT2D eigenvalue weighted by atomic mass is 9.91.